The first-order valence-corrected chi connectivity index (χ1v) is 8.14. The molecule has 0 atom stereocenters. The number of aromatic nitrogens is 2. The molecule has 5 heteroatoms. The lowest BCUT2D eigenvalue weighted by Crippen LogP contribution is -2.21. The summed E-state index contributed by atoms with van der Waals surface area (Å²) in [6.07, 6.45) is 5.06. The number of nitrogens with one attached hydrogen (secondary N) is 1. The Hall–Kier alpha value is -2.30. The third-order valence-electron chi connectivity index (χ3n) is 3.71. The van der Waals surface area contributed by atoms with E-state index in [-0.39, 0.29) is 0 Å². The van der Waals surface area contributed by atoms with Crippen molar-refractivity contribution in [3.63, 3.8) is 0 Å². The van der Waals surface area contributed by atoms with Crippen molar-refractivity contribution in [2.24, 2.45) is 0 Å². The van der Waals surface area contributed by atoms with Gasteiger partial charge in [-0.3, -0.25) is 0 Å². The average Bonchev–Trinajstić information content (AvgIpc) is 2.60. The highest BCUT2D eigenvalue weighted by Crippen LogP contribution is 2.13. The van der Waals surface area contributed by atoms with Crippen LogP contribution in [0.5, 0.6) is 5.75 Å². The van der Waals surface area contributed by atoms with Crippen LogP contribution in [0.3, 0.4) is 0 Å². The Bertz CT molecular complexity index is 586. The molecule has 0 saturated carbocycles. The fraction of sp³-hybridized carbons (Fsp3) is 0.444. The lowest BCUT2D eigenvalue weighted by atomic mass is 10.1. The number of hydrogen-bond donors (Lipinski definition) is 1. The summed E-state index contributed by atoms with van der Waals surface area (Å²) in [5.41, 5.74) is 1.27. The summed E-state index contributed by atoms with van der Waals surface area (Å²) in [7, 11) is 3.72. The van der Waals surface area contributed by atoms with Crippen LogP contribution >= 0.6 is 0 Å². The van der Waals surface area contributed by atoms with Crippen molar-refractivity contribution in [1.29, 1.82) is 0 Å². The molecule has 0 aliphatic carbocycles. The van der Waals surface area contributed by atoms with Crippen LogP contribution in [0.4, 0.5) is 11.8 Å². The molecule has 1 N–H and O–H groups in total. The van der Waals surface area contributed by atoms with Gasteiger partial charge in [-0.05, 0) is 36.6 Å². The molecule has 23 heavy (non-hydrogen) atoms. The molecule has 1 heterocycles. The molecule has 124 valence electrons. The highest BCUT2D eigenvalue weighted by atomic mass is 16.5. The van der Waals surface area contributed by atoms with Gasteiger partial charge in [-0.1, -0.05) is 25.5 Å². The molecule has 0 aliphatic heterocycles. The van der Waals surface area contributed by atoms with Crippen LogP contribution in [0.15, 0.2) is 36.5 Å². The maximum absolute atomic E-state index is 5.17. The van der Waals surface area contributed by atoms with Gasteiger partial charge in [0.1, 0.15) is 11.6 Å². The number of methoxy groups -OCH3 is 1. The topological polar surface area (TPSA) is 50.3 Å². The molecule has 0 fully saturated rings. The summed E-state index contributed by atoms with van der Waals surface area (Å²) in [5, 5.41) is 3.36. The van der Waals surface area contributed by atoms with E-state index in [1.54, 1.807) is 13.3 Å². The number of rotatable bonds is 9. The Morgan fingerprint density at radius 1 is 1.17 bits per heavy atom. The van der Waals surface area contributed by atoms with Gasteiger partial charge in [-0.2, -0.15) is 4.98 Å². The van der Waals surface area contributed by atoms with E-state index in [0.717, 1.165) is 43.4 Å². The molecule has 0 unspecified atom stereocenters. The number of unbranched alkanes of at least 4 members (excludes halogenated alkanes) is 1. The van der Waals surface area contributed by atoms with Crippen molar-refractivity contribution >= 4 is 11.8 Å². The van der Waals surface area contributed by atoms with Gasteiger partial charge in [0.05, 0.1) is 7.11 Å². The smallest absolute Gasteiger partial charge is 0.226 e. The van der Waals surface area contributed by atoms with Gasteiger partial charge in [-0.25, -0.2) is 4.98 Å². The largest absolute Gasteiger partial charge is 0.497 e. The van der Waals surface area contributed by atoms with Crippen LogP contribution < -0.4 is 15.0 Å². The first kappa shape index (κ1) is 17.1. The van der Waals surface area contributed by atoms with E-state index < -0.39 is 0 Å². The molecule has 2 aromatic rings. The molecule has 2 rings (SSSR count). The van der Waals surface area contributed by atoms with Crippen molar-refractivity contribution in [3.8, 4) is 5.75 Å². The Labute approximate surface area is 138 Å². The normalized spacial score (nSPS) is 10.4. The number of nitrogens with zero attached hydrogens (tertiary/aromatic N) is 3. The first-order chi connectivity index (χ1) is 11.2. The molecule has 5 nitrogen and oxygen atoms in total. The molecule has 0 saturated heterocycles. The lowest BCUT2D eigenvalue weighted by Gasteiger charge is -2.17. The maximum Gasteiger partial charge on any atom is 0.226 e. The third-order valence-corrected chi connectivity index (χ3v) is 3.71. The summed E-state index contributed by atoms with van der Waals surface area (Å²) < 4.78 is 5.17. The molecule has 1 aromatic carbocycles. The van der Waals surface area contributed by atoms with Crippen LogP contribution in [-0.2, 0) is 6.42 Å². The number of benzene rings is 1. The van der Waals surface area contributed by atoms with Crippen LogP contribution in [-0.4, -0.2) is 37.2 Å². The van der Waals surface area contributed by atoms with E-state index in [4.69, 9.17) is 4.74 Å². The quantitative estimate of drug-likeness (QED) is 0.769. The second kappa shape index (κ2) is 8.98. The maximum atomic E-state index is 5.17. The zero-order valence-corrected chi connectivity index (χ0v) is 14.2. The fourth-order valence-corrected chi connectivity index (χ4v) is 2.25. The predicted octanol–water partition coefficient (Wildman–Crippen LogP) is 3.38. The minimum absolute atomic E-state index is 0.771. The second-order valence-electron chi connectivity index (χ2n) is 5.54. The van der Waals surface area contributed by atoms with Gasteiger partial charge in [0, 0.05) is 26.3 Å². The fourth-order valence-electron chi connectivity index (χ4n) is 2.25. The third kappa shape index (κ3) is 5.43. The number of ether oxygens (including phenoxy) is 1. The van der Waals surface area contributed by atoms with Gasteiger partial charge >= 0.3 is 0 Å². The Morgan fingerprint density at radius 3 is 2.65 bits per heavy atom. The van der Waals surface area contributed by atoms with Crippen LogP contribution in [0.1, 0.15) is 25.3 Å². The van der Waals surface area contributed by atoms with Crippen molar-refractivity contribution < 1.29 is 4.74 Å². The van der Waals surface area contributed by atoms with Gasteiger partial charge in [0.15, 0.2) is 0 Å². The van der Waals surface area contributed by atoms with Crippen LogP contribution in [0.2, 0.25) is 0 Å². The van der Waals surface area contributed by atoms with E-state index >= 15 is 0 Å². The number of anilines is 2. The highest BCUT2D eigenvalue weighted by molar-refractivity contribution is 5.41. The van der Waals surface area contributed by atoms with E-state index in [0.29, 0.717) is 0 Å². The van der Waals surface area contributed by atoms with Crippen molar-refractivity contribution in [2.45, 2.75) is 26.2 Å². The van der Waals surface area contributed by atoms with Gasteiger partial charge in [-0.15, -0.1) is 0 Å². The predicted molar refractivity (Wildman–Crippen MR) is 95.4 cm³/mol. The second-order valence-corrected chi connectivity index (χ2v) is 5.54. The Balaban J connectivity index is 1.85. The summed E-state index contributed by atoms with van der Waals surface area (Å²) in [5.74, 6) is 2.53. The first-order valence-electron chi connectivity index (χ1n) is 8.14. The monoisotopic (exact) mass is 314 g/mol. The Morgan fingerprint density at radius 2 is 1.96 bits per heavy atom. The zero-order chi connectivity index (χ0) is 16.5. The molecule has 0 amide bonds. The van der Waals surface area contributed by atoms with Gasteiger partial charge in [0.2, 0.25) is 5.95 Å². The Kier molecular flexibility index (Phi) is 6.66. The highest BCUT2D eigenvalue weighted by Gasteiger charge is 2.04. The standard InChI is InChI=1S/C18H26N4O/c1-4-5-14-22(2)18-20-13-11-17(21-18)19-12-10-15-6-8-16(23-3)9-7-15/h6-9,11,13H,4-5,10,12,14H2,1-3H3,(H,19,20,21). The van der Waals surface area contributed by atoms with Crippen molar-refractivity contribution in [3.05, 3.63) is 42.1 Å². The minimum Gasteiger partial charge on any atom is -0.497 e. The van der Waals surface area contributed by atoms with Crippen LogP contribution in [0, 0.1) is 0 Å². The minimum atomic E-state index is 0.771. The summed E-state index contributed by atoms with van der Waals surface area (Å²) >= 11 is 0. The van der Waals surface area contributed by atoms with E-state index in [1.165, 1.54) is 12.0 Å². The SMILES string of the molecule is CCCCN(C)c1nccc(NCCc2ccc(OC)cc2)n1. The zero-order valence-electron chi connectivity index (χ0n) is 14.2. The molecule has 0 spiro atoms. The van der Waals surface area contributed by atoms with Crippen molar-refractivity contribution in [2.75, 3.05) is 37.5 Å². The molecular formula is C18H26N4O. The van der Waals surface area contributed by atoms with E-state index in [9.17, 15) is 0 Å². The summed E-state index contributed by atoms with van der Waals surface area (Å²) in [4.78, 5) is 11.0. The number of hydrogen-bond acceptors (Lipinski definition) is 5. The molecular weight excluding hydrogens is 288 g/mol. The molecule has 1 aromatic heterocycles. The summed E-state index contributed by atoms with van der Waals surface area (Å²) in [6, 6.07) is 10.1. The van der Waals surface area contributed by atoms with Crippen molar-refractivity contribution in [1.82, 2.24) is 9.97 Å². The molecule has 0 radical (unpaired) electrons. The average molecular weight is 314 g/mol. The lowest BCUT2D eigenvalue weighted by molar-refractivity contribution is 0.414. The molecule has 0 bridgehead atoms. The van der Waals surface area contributed by atoms with Gasteiger partial charge < -0.3 is 15.0 Å². The molecule has 0 aliphatic rings. The van der Waals surface area contributed by atoms with E-state index in [2.05, 4.69) is 39.2 Å². The van der Waals surface area contributed by atoms with Gasteiger partial charge in [0.25, 0.3) is 0 Å². The van der Waals surface area contributed by atoms with E-state index in [1.807, 2.05) is 25.2 Å². The van der Waals surface area contributed by atoms with Crippen LogP contribution in [0.25, 0.3) is 0 Å². The summed E-state index contributed by atoms with van der Waals surface area (Å²) in [6.45, 7) is 4.00.